The van der Waals surface area contributed by atoms with Crippen LogP contribution in [-0.2, 0) is 0 Å². The summed E-state index contributed by atoms with van der Waals surface area (Å²) in [5.74, 6) is 0.233. The number of aliphatic hydroxyl groups is 1. The van der Waals surface area contributed by atoms with Crippen molar-refractivity contribution in [1.29, 1.82) is 0 Å². The van der Waals surface area contributed by atoms with Gasteiger partial charge < -0.3 is 15.2 Å². The van der Waals surface area contributed by atoms with Crippen LogP contribution in [0.2, 0.25) is 0 Å². The van der Waals surface area contributed by atoms with Crippen LogP contribution < -0.4 is 10.1 Å². The first-order valence-corrected chi connectivity index (χ1v) is 7.91. The Morgan fingerprint density at radius 3 is 2.52 bits per heavy atom. The van der Waals surface area contributed by atoms with Crippen molar-refractivity contribution in [3.05, 3.63) is 65.5 Å². The average molecular weight is 317 g/mol. The summed E-state index contributed by atoms with van der Waals surface area (Å²) in [6, 6.07) is 14.9. The monoisotopic (exact) mass is 317 g/mol. The molecule has 0 aliphatic heterocycles. The number of nitrogens with one attached hydrogen (secondary N) is 1. The van der Waals surface area contributed by atoms with Gasteiger partial charge in [0.2, 0.25) is 0 Å². The predicted octanol–water partition coefficient (Wildman–Crippen LogP) is 4.00. The lowest BCUT2D eigenvalue weighted by Gasteiger charge is -2.24. The molecule has 0 amide bonds. The molecule has 0 aliphatic rings. The van der Waals surface area contributed by atoms with Crippen LogP contribution in [0, 0.1) is 5.82 Å². The van der Waals surface area contributed by atoms with E-state index in [1.807, 2.05) is 37.3 Å². The van der Waals surface area contributed by atoms with Crippen molar-refractivity contribution < 1.29 is 14.2 Å². The van der Waals surface area contributed by atoms with E-state index in [-0.39, 0.29) is 24.5 Å². The molecule has 0 spiro atoms. The lowest BCUT2D eigenvalue weighted by atomic mass is 9.99. The van der Waals surface area contributed by atoms with Gasteiger partial charge in [-0.3, -0.25) is 0 Å². The van der Waals surface area contributed by atoms with Crippen LogP contribution >= 0.6 is 0 Å². The summed E-state index contributed by atoms with van der Waals surface area (Å²) in [4.78, 5) is 0. The topological polar surface area (TPSA) is 41.5 Å². The fourth-order valence-electron chi connectivity index (χ4n) is 2.70. The van der Waals surface area contributed by atoms with Crippen molar-refractivity contribution in [2.24, 2.45) is 0 Å². The van der Waals surface area contributed by atoms with Gasteiger partial charge in [-0.1, -0.05) is 36.4 Å². The third kappa shape index (κ3) is 4.78. The molecule has 0 aromatic heterocycles. The Labute approximate surface area is 137 Å². The zero-order chi connectivity index (χ0) is 16.7. The third-order valence-electron chi connectivity index (χ3n) is 3.98. The minimum Gasteiger partial charge on any atom is -0.497 e. The van der Waals surface area contributed by atoms with Crippen LogP contribution in [0.5, 0.6) is 5.75 Å². The van der Waals surface area contributed by atoms with Gasteiger partial charge in [-0.15, -0.1) is 0 Å². The van der Waals surface area contributed by atoms with E-state index in [4.69, 9.17) is 9.84 Å². The number of methoxy groups -OCH3 is 1. The number of halogens is 1. The van der Waals surface area contributed by atoms with Gasteiger partial charge in [-0.2, -0.15) is 0 Å². The lowest BCUT2D eigenvalue weighted by Crippen LogP contribution is -2.25. The Bertz CT molecular complexity index is 604. The normalized spacial score (nSPS) is 13.6. The van der Waals surface area contributed by atoms with Crippen LogP contribution in [0.25, 0.3) is 0 Å². The fraction of sp³-hybridized carbons (Fsp3) is 0.368. The molecule has 0 fully saturated rings. The summed E-state index contributed by atoms with van der Waals surface area (Å²) < 4.78 is 19.3. The lowest BCUT2D eigenvalue weighted by molar-refractivity contribution is 0.272. The highest BCUT2D eigenvalue weighted by Crippen LogP contribution is 2.26. The molecule has 2 atom stereocenters. The summed E-state index contributed by atoms with van der Waals surface area (Å²) in [5.41, 5.74) is 1.75. The molecule has 4 heteroatoms. The third-order valence-corrected chi connectivity index (χ3v) is 3.98. The molecule has 0 radical (unpaired) electrons. The molecule has 0 heterocycles. The Kier molecular flexibility index (Phi) is 6.56. The fourth-order valence-corrected chi connectivity index (χ4v) is 2.70. The average Bonchev–Trinajstić information content (AvgIpc) is 2.58. The minimum absolute atomic E-state index is 0.0693. The van der Waals surface area contributed by atoms with E-state index in [0.717, 1.165) is 12.0 Å². The molecule has 124 valence electrons. The Morgan fingerprint density at radius 2 is 1.91 bits per heavy atom. The van der Waals surface area contributed by atoms with Crippen LogP contribution in [0.1, 0.15) is 43.0 Å². The minimum atomic E-state index is -0.279. The van der Waals surface area contributed by atoms with Crippen LogP contribution in [-0.4, -0.2) is 18.8 Å². The molecule has 2 rings (SSSR count). The maximum absolute atomic E-state index is 14.2. The highest BCUT2D eigenvalue weighted by atomic mass is 19.1. The largest absolute Gasteiger partial charge is 0.497 e. The Hall–Kier alpha value is -1.91. The van der Waals surface area contributed by atoms with Crippen molar-refractivity contribution in [1.82, 2.24) is 5.32 Å². The quantitative estimate of drug-likeness (QED) is 0.773. The van der Waals surface area contributed by atoms with E-state index in [9.17, 15) is 4.39 Å². The second kappa shape index (κ2) is 8.65. The molecule has 23 heavy (non-hydrogen) atoms. The smallest absolute Gasteiger partial charge is 0.131 e. The van der Waals surface area contributed by atoms with Crippen molar-refractivity contribution in [3.8, 4) is 5.75 Å². The summed E-state index contributed by atoms with van der Waals surface area (Å²) in [5, 5.41) is 12.6. The first kappa shape index (κ1) is 17.4. The molecular formula is C19H24FNO2. The molecule has 0 aliphatic carbocycles. The number of hydrogen-bond donors (Lipinski definition) is 2. The second-order valence-corrected chi connectivity index (χ2v) is 5.60. The Morgan fingerprint density at radius 1 is 1.17 bits per heavy atom. The van der Waals surface area contributed by atoms with Crippen molar-refractivity contribution in [2.45, 2.75) is 31.8 Å². The standard InChI is InChI=1S/C19H24FNO2/c1-14(17-11-10-16(23-2)13-18(17)20)21-19(9-6-12-22)15-7-4-3-5-8-15/h3-5,7-8,10-11,13-14,19,21-22H,6,9,12H2,1-2H3. The molecule has 2 aromatic rings. The summed E-state index contributed by atoms with van der Waals surface area (Å²) in [6.45, 7) is 2.09. The SMILES string of the molecule is COc1ccc(C(C)NC(CCCO)c2ccccc2)c(F)c1. The number of benzene rings is 2. The molecule has 2 unspecified atom stereocenters. The van der Waals surface area contributed by atoms with Crippen molar-refractivity contribution >= 4 is 0 Å². The van der Waals surface area contributed by atoms with Crippen LogP contribution in [0.4, 0.5) is 4.39 Å². The van der Waals surface area contributed by atoms with Crippen LogP contribution in [0.15, 0.2) is 48.5 Å². The highest BCUT2D eigenvalue weighted by Gasteiger charge is 2.17. The number of hydrogen-bond acceptors (Lipinski definition) is 3. The van der Waals surface area contributed by atoms with E-state index in [1.54, 1.807) is 12.1 Å². The second-order valence-electron chi connectivity index (χ2n) is 5.60. The van der Waals surface area contributed by atoms with Gasteiger partial charge in [0.25, 0.3) is 0 Å². The summed E-state index contributed by atoms with van der Waals surface area (Å²) in [7, 11) is 1.52. The first-order valence-electron chi connectivity index (χ1n) is 7.91. The number of aliphatic hydroxyl groups excluding tert-OH is 1. The molecule has 0 bridgehead atoms. The molecule has 0 saturated heterocycles. The van der Waals surface area contributed by atoms with E-state index in [2.05, 4.69) is 5.32 Å². The van der Waals surface area contributed by atoms with E-state index in [0.29, 0.717) is 17.7 Å². The zero-order valence-electron chi connectivity index (χ0n) is 13.6. The van der Waals surface area contributed by atoms with E-state index >= 15 is 0 Å². The molecule has 0 saturated carbocycles. The van der Waals surface area contributed by atoms with E-state index in [1.165, 1.54) is 13.2 Å². The van der Waals surface area contributed by atoms with Gasteiger partial charge in [0.05, 0.1) is 7.11 Å². The molecule has 2 aromatic carbocycles. The van der Waals surface area contributed by atoms with Gasteiger partial charge in [0, 0.05) is 30.3 Å². The maximum Gasteiger partial charge on any atom is 0.131 e. The van der Waals surface area contributed by atoms with Gasteiger partial charge in [0.1, 0.15) is 11.6 Å². The number of ether oxygens (including phenoxy) is 1. The molecular weight excluding hydrogens is 293 g/mol. The van der Waals surface area contributed by atoms with Gasteiger partial charge in [-0.25, -0.2) is 4.39 Å². The van der Waals surface area contributed by atoms with Gasteiger partial charge >= 0.3 is 0 Å². The van der Waals surface area contributed by atoms with Crippen molar-refractivity contribution in [3.63, 3.8) is 0 Å². The first-order chi connectivity index (χ1) is 11.2. The molecule has 3 nitrogen and oxygen atoms in total. The van der Waals surface area contributed by atoms with Gasteiger partial charge in [0.15, 0.2) is 0 Å². The number of rotatable bonds is 8. The Balaban J connectivity index is 2.15. The van der Waals surface area contributed by atoms with Crippen LogP contribution in [0.3, 0.4) is 0 Å². The van der Waals surface area contributed by atoms with Crippen molar-refractivity contribution in [2.75, 3.05) is 13.7 Å². The predicted molar refractivity (Wildman–Crippen MR) is 90.0 cm³/mol. The maximum atomic E-state index is 14.2. The van der Waals surface area contributed by atoms with Gasteiger partial charge in [-0.05, 0) is 31.4 Å². The summed E-state index contributed by atoms with van der Waals surface area (Å²) in [6.07, 6.45) is 1.49. The summed E-state index contributed by atoms with van der Waals surface area (Å²) >= 11 is 0. The van der Waals surface area contributed by atoms with E-state index < -0.39 is 0 Å². The highest BCUT2D eigenvalue weighted by molar-refractivity contribution is 5.31. The molecule has 2 N–H and O–H groups in total. The zero-order valence-corrected chi connectivity index (χ0v) is 13.6.